The van der Waals surface area contributed by atoms with Crippen LogP contribution in [-0.2, 0) is 5.54 Å². The summed E-state index contributed by atoms with van der Waals surface area (Å²) in [6.07, 6.45) is 1.80. The van der Waals surface area contributed by atoms with Crippen LogP contribution in [0.2, 0.25) is 10.0 Å². The SMILES string of the molecule is C=CCN1C(N)=NCC1(C)c1cc(Cl)ccc1Cl. The Balaban J connectivity index is 2.48. The molecule has 0 amide bonds. The summed E-state index contributed by atoms with van der Waals surface area (Å²) in [6, 6.07) is 5.44. The molecule has 2 N–H and O–H groups in total. The van der Waals surface area contributed by atoms with Crippen molar-refractivity contribution in [2.45, 2.75) is 12.5 Å². The molecule has 1 atom stereocenters. The maximum absolute atomic E-state index is 6.28. The molecule has 0 fully saturated rings. The molecule has 3 nitrogen and oxygen atoms in total. The Morgan fingerprint density at radius 3 is 2.94 bits per heavy atom. The first kappa shape index (κ1) is 13.2. The van der Waals surface area contributed by atoms with Crippen molar-refractivity contribution in [2.75, 3.05) is 13.1 Å². The molecule has 1 heterocycles. The van der Waals surface area contributed by atoms with E-state index in [1.807, 2.05) is 11.0 Å². The second kappa shape index (κ2) is 4.82. The zero-order valence-electron chi connectivity index (χ0n) is 10.2. The van der Waals surface area contributed by atoms with Crippen LogP contribution in [-0.4, -0.2) is 23.9 Å². The molecule has 1 aromatic carbocycles. The van der Waals surface area contributed by atoms with Crippen molar-refractivity contribution in [3.63, 3.8) is 0 Å². The van der Waals surface area contributed by atoms with Crippen LogP contribution in [0.15, 0.2) is 35.8 Å². The van der Waals surface area contributed by atoms with Crippen LogP contribution >= 0.6 is 23.2 Å². The van der Waals surface area contributed by atoms with Crippen molar-refractivity contribution in [1.82, 2.24) is 4.90 Å². The lowest BCUT2D eigenvalue weighted by Gasteiger charge is -2.36. The highest BCUT2D eigenvalue weighted by Gasteiger charge is 2.40. The summed E-state index contributed by atoms with van der Waals surface area (Å²) in [6.45, 7) is 6.98. The maximum Gasteiger partial charge on any atom is 0.192 e. The third-order valence-electron chi connectivity index (χ3n) is 3.24. The second-order valence-corrected chi connectivity index (χ2v) is 5.32. The van der Waals surface area contributed by atoms with Crippen molar-refractivity contribution in [1.29, 1.82) is 0 Å². The fourth-order valence-corrected chi connectivity index (χ4v) is 2.72. The molecule has 1 unspecified atom stereocenters. The standard InChI is InChI=1S/C13H15Cl2N3/c1-3-6-18-12(16)17-8-13(18,2)10-7-9(14)4-5-11(10)15/h3-5,7H,1,6,8H2,2H3,(H2,16,17). The highest BCUT2D eigenvalue weighted by Crippen LogP contribution is 2.37. The number of nitrogens with two attached hydrogens (primary N) is 1. The highest BCUT2D eigenvalue weighted by molar-refractivity contribution is 6.33. The summed E-state index contributed by atoms with van der Waals surface area (Å²) < 4.78 is 0. The molecule has 1 aliphatic heterocycles. The lowest BCUT2D eigenvalue weighted by atomic mass is 9.91. The number of aliphatic imine (C=N–C) groups is 1. The number of nitrogens with zero attached hydrogens (tertiary/aromatic N) is 2. The van der Waals surface area contributed by atoms with Crippen LogP contribution in [0.3, 0.4) is 0 Å². The van der Waals surface area contributed by atoms with Gasteiger partial charge in [0.05, 0.1) is 12.1 Å². The largest absolute Gasteiger partial charge is 0.370 e. The molecule has 2 rings (SSSR count). The summed E-state index contributed by atoms with van der Waals surface area (Å²) in [5.41, 5.74) is 6.48. The molecule has 96 valence electrons. The summed E-state index contributed by atoms with van der Waals surface area (Å²) in [7, 11) is 0. The number of benzene rings is 1. The second-order valence-electron chi connectivity index (χ2n) is 4.47. The number of rotatable bonds is 3. The molecule has 0 saturated carbocycles. The molecular weight excluding hydrogens is 269 g/mol. The van der Waals surface area contributed by atoms with E-state index in [1.54, 1.807) is 18.2 Å². The lowest BCUT2D eigenvalue weighted by Crippen LogP contribution is -2.47. The predicted octanol–water partition coefficient (Wildman–Crippen LogP) is 3.02. The first-order valence-electron chi connectivity index (χ1n) is 5.63. The van der Waals surface area contributed by atoms with E-state index in [0.29, 0.717) is 29.1 Å². The van der Waals surface area contributed by atoms with E-state index in [4.69, 9.17) is 28.9 Å². The van der Waals surface area contributed by atoms with Crippen LogP contribution in [0.1, 0.15) is 12.5 Å². The Bertz CT molecular complexity index is 513. The van der Waals surface area contributed by atoms with Gasteiger partial charge in [-0.15, -0.1) is 6.58 Å². The molecule has 0 aliphatic carbocycles. The first-order chi connectivity index (χ1) is 8.49. The van der Waals surface area contributed by atoms with Gasteiger partial charge < -0.3 is 10.6 Å². The molecular formula is C13H15Cl2N3. The predicted molar refractivity (Wildman–Crippen MR) is 77.2 cm³/mol. The van der Waals surface area contributed by atoms with E-state index in [-0.39, 0.29) is 5.54 Å². The van der Waals surface area contributed by atoms with Crippen LogP contribution in [0.25, 0.3) is 0 Å². The molecule has 0 aromatic heterocycles. The Morgan fingerprint density at radius 1 is 1.56 bits per heavy atom. The molecule has 18 heavy (non-hydrogen) atoms. The van der Waals surface area contributed by atoms with Crippen LogP contribution < -0.4 is 5.73 Å². The van der Waals surface area contributed by atoms with Gasteiger partial charge >= 0.3 is 0 Å². The summed E-state index contributed by atoms with van der Waals surface area (Å²) >= 11 is 12.3. The van der Waals surface area contributed by atoms with Gasteiger partial charge in [0.1, 0.15) is 0 Å². The van der Waals surface area contributed by atoms with Gasteiger partial charge in [0.15, 0.2) is 5.96 Å². The van der Waals surface area contributed by atoms with E-state index >= 15 is 0 Å². The minimum atomic E-state index is -0.375. The summed E-state index contributed by atoms with van der Waals surface area (Å²) in [5, 5.41) is 1.32. The highest BCUT2D eigenvalue weighted by atomic mass is 35.5. The van der Waals surface area contributed by atoms with Crippen molar-refractivity contribution < 1.29 is 0 Å². The van der Waals surface area contributed by atoms with Gasteiger partial charge in [-0.3, -0.25) is 4.99 Å². The Hall–Kier alpha value is -1.19. The number of hydrogen-bond donors (Lipinski definition) is 1. The van der Waals surface area contributed by atoms with Gasteiger partial charge in [-0.25, -0.2) is 0 Å². The molecule has 5 heteroatoms. The van der Waals surface area contributed by atoms with E-state index in [2.05, 4.69) is 18.5 Å². The summed E-state index contributed by atoms with van der Waals surface area (Å²) in [4.78, 5) is 6.29. The Labute approximate surface area is 117 Å². The van der Waals surface area contributed by atoms with E-state index in [1.165, 1.54) is 0 Å². The maximum atomic E-state index is 6.28. The first-order valence-corrected chi connectivity index (χ1v) is 6.38. The quantitative estimate of drug-likeness (QED) is 0.867. The summed E-state index contributed by atoms with van der Waals surface area (Å²) in [5.74, 6) is 0.508. The van der Waals surface area contributed by atoms with Gasteiger partial charge in [-0.2, -0.15) is 0 Å². The minimum Gasteiger partial charge on any atom is -0.370 e. The topological polar surface area (TPSA) is 41.6 Å². The average molecular weight is 284 g/mol. The molecule has 0 saturated heterocycles. The number of guanidine groups is 1. The van der Waals surface area contributed by atoms with Crippen LogP contribution in [0, 0.1) is 0 Å². The van der Waals surface area contributed by atoms with Crippen LogP contribution in [0.4, 0.5) is 0 Å². The molecule has 1 aromatic rings. The van der Waals surface area contributed by atoms with Crippen LogP contribution in [0.5, 0.6) is 0 Å². The minimum absolute atomic E-state index is 0.375. The molecule has 0 radical (unpaired) electrons. The van der Waals surface area contributed by atoms with Crippen molar-refractivity contribution in [2.24, 2.45) is 10.7 Å². The molecule has 0 spiro atoms. The molecule has 0 bridgehead atoms. The molecule has 1 aliphatic rings. The average Bonchev–Trinajstić information content (AvgIpc) is 2.62. The van der Waals surface area contributed by atoms with E-state index in [9.17, 15) is 0 Å². The smallest absolute Gasteiger partial charge is 0.192 e. The van der Waals surface area contributed by atoms with Crippen molar-refractivity contribution in [3.8, 4) is 0 Å². The van der Waals surface area contributed by atoms with Gasteiger partial charge in [0, 0.05) is 16.6 Å². The van der Waals surface area contributed by atoms with Gasteiger partial charge in [0.25, 0.3) is 0 Å². The van der Waals surface area contributed by atoms with Gasteiger partial charge in [-0.1, -0.05) is 29.3 Å². The van der Waals surface area contributed by atoms with Gasteiger partial charge in [-0.05, 0) is 30.7 Å². The Morgan fingerprint density at radius 2 is 2.28 bits per heavy atom. The third-order valence-corrected chi connectivity index (χ3v) is 3.81. The monoisotopic (exact) mass is 283 g/mol. The van der Waals surface area contributed by atoms with E-state index < -0.39 is 0 Å². The van der Waals surface area contributed by atoms with Crippen molar-refractivity contribution >= 4 is 29.2 Å². The zero-order chi connectivity index (χ0) is 13.3. The number of hydrogen-bond acceptors (Lipinski definition) is 3. The fraction of sp³-hybridized carbons (Fsp3) is 0.308. The Kier molecular flexibility index (Phi) is 3.55. The van der Waals surface area contributed by atoms with Crippen molar-refractivity contribution in [3.05, 3.63) is 46.5 Å². The van der Waals surface area contributed by atoms with E-state index in [0.717, 1.165) is 5.56 Å². The van der Waals surface area contributed by atoms with Gasteiger partial charge in [0.2, 0.25) is 0 Å². The lowest BCUT2D eigenvalue weighted by molar-refractivity contribution is 0.245. The normalized spacial score (nSPS) is 23.1. The number of halogens is 2. The fourth-order valence-electron chi connectivity index (χ4n) is 2.22. The third kappa shape index (κ3) is 2.08. The zero-order valence-corrected chi connectivity index (χ0v) is 11.7.